The fraction of sp³-hybridized carbons (Fsp3) is 0.154. The average molecular weight is 348 g/mol. The molecule has 0 bridgehead atoms. The summed E-state index contributed by atoms with van der Waals surface area (Å²) in [6, 6.07) is 8.33. The first-order valence-electron chi connectivity index (χ1n) is 5.46. The number of methoxy groups -OCH3 is 1. The second-order valence-corrected chi connectivity index (χ2v) is 4.61. The molecule has 0 aliphatic heterocycles. The third-order valence-electron chi connectivity index (χ3n) is 2.37. The Bertz CT molecular complexity index is 617. The van der Waals surface area contributed by atoms with E-state index in [2.05, 4.69) is 20.9 Å². The molecule has 7 heteroatoms. The number of pyridine rings is 1. The average Bonchev–Trinajstić information content (AvgIpc) is 2.40. The van der Waals surface area contributed by atoms with Crippen LogP contribution >= 0.6 is 15.9 Å². The monoisotopic (exact) mass is 347 g/mol. The van der Waals surface area contributed by atoms with E-state index in [1.807, 2.05) is 0 Å². The van der Waals surface area contributed by atoms with Gasteiger partial charge in [0.1, 0.15) is 17.2 Å². The lowest BCUT2D eigenvalue weighted by atomic mass is 10.3. The van der Waals surface area contributed by atoms with E-state index in [4.69, 9.17) is 9.47 Å². The van der Waals surface area contributed by atoms with Gasteiger partial charge in [-0.3, -0.25) is 0 Å². The Labute approximate surface area is 121 Å². The smallest absolute Gasteiger partial charge is 0.433 e. The van der Waals surface area contributed by atoms with Crippen LogP contribution < -0.4 is 9.47 Å². The molecule has 2 aromatic rings. The Morgan fingerprint density at radius 2 is 1.90 bits per heavy atom. The molecule has 0 aliphatic rings. The number of hydrogen-bond donors (Lipinski definition) is 0. The molecule has 1 aromatic heterocycles. The third-order valence-corrected chi connectivity index (χ3v) is 2.99. The second kappa shape index (κ2) is 5.70. The Hall–Kier alpha value is -1.76. The predicted molar refractivity (Wildman–Crippen MR) is 70.0 cm³/mol. The summed E-state index contributed by atoms with van der Waals surface area (Å²) in [6.07, 6.45) is -4.50. The topological polar surface area (TPSA) is 31.4 Å². The van der Waals surface area contributed by atoms with Gasteiger partial charge in [0.15, 0.2) is 0 Å². The van der Waals surface area contributed by atoms with Gasteiger partial charge in [-0.2, -0.15) is 13.2 Å². The Kier molecular flexibility index (Phi) is 4.17. The maximum Gasteiger partial charge on any atom is 0.433 e. The molecule has 0 unspecified atom stereocenters. The summed E-state index contributed by atoms with van der Waals surface area (Å²) >= 11 is 3.25. The minimum Gasteiger partial charge on any atom is -0.497 e. The largest absolute Gasteiger partial charge is 0.497 e. The van der Waals surface area contributed by atoms with Crippen LogP contribution in [0.3, 0.4) is 0 Å². The van der Waals surface area contributed by atoms with Crippen molar-refractivity contribution < 1.29 is 22.6 Å². The van der Waals surface area contributed by atoms with Crippen LogP contribution in [0.1, 0.15) is 5.69 Å². The molecule has 1 aromatic carbocycles. The Morgan fingerprint density at radius 1 is 1.15 bits per heavy atom. The first kappa shape index (κ1) is 14.6. The van der Waals surface area contributed by atoms with Crippen molar-refractivity contribution in [3.05, 3.63) is 46.6 Å². The van der Waals surface area contributed by atoms with E-state index in [1.165, 1.54) is 19.2 Å². The molecule has 2 rings (SSSR count). The molecule has 0 fully saturated rings. The molecule has 0 spiro atoms. The first-order chi connectivity index (χ1) is 9.40. The van der Waals surface area contributed by atoms with Gasteiger partial charge in [-0.1, -0.05) is 6.07 Å². The number of nitrogens with zero attached hydrogens (tertiary/aromatic N) is 1. The number of benzene rings is 1. The number of hydrogen-bond acceptors (Lipinski definition) is 3. The van der Waals surface area contributed by atoms with Crippen molar-refractivity contribution in [2.45, 2.75) is 6.18 Å². The van der Waals surface area contributed by atoms with E-state index in [9.17, 15) is 13.2 Å². The number of ether oxygens (including phenoxy) is 2. The molecular weight excluding hydrogens is 339 g/mol. The quantitative estimate of drug-likeness (QED) is 0.808. The Morgan fingerprint density at radius 3 is 2.50 bits per heavy atom. The molecule has 106 valence electrons. The molecule has 20 heavy (non-hydrogen) atoms. The normalized spacial score (nSPS) is 11.2. The van der Waals surface area contributed by atoms with Crippen molar-refractivity contribution in [2.24, 2.45) is 0 Å². The maximum absolute atomic E-state index is 12.5. The highest BCUT2D eigenvalue weighted by Gasteiger charge is 2.32. The van der Waals surface area contributed by atoms with Crippen LogP contribution in [-0.4, -0.2) is 12.1 Å². The van der Waals surface area contributed by atoms with Crippen molar-refractivity contribution in [3.63, 3.8) is 0 Å². The van der Waals surface area contributed by atoms with Gasteiger partial charge in [-0.05, 0) is 40.2 Å². The van der Waals surface area contributed by atoms with Gasteiger partial charge in [0.25, 0.3) is 0 Å². The highest BCUT2D eigenvalue weighted by molar-refractivity contribution is 9.10. The molecule has 0 amide bonds. The first-order valence-corrected chi connectivity index (χ1v) is 6.25. The van der Waals surface area contributed by atoms with E-state index in [0.717, 1.165) is 6.07 Å². The summed E-state index contributed by atoms with van der Waals surface area (Å²) in [4.78, 5) is 3.42. The van der Waals surface area contributed by atoms with E-state index < -0.39 is 11.9 Å². The molecule has 0 saturated carbocycles. The van der Waals surface area contributed by atoms with Crippen LogP contribution in [-0.2, 0) is 6.18 Å². The maximum atomic E-state index is 12.5. The lowest BCUT2D eigenvalue weighted by molar-refractivity contribution is -0.141. The lowest BCUT2D eigenvalue weighted by Gasteiger charge is -2.10. The zero-order chi connectivity index (χ0) is 14.8. The van der Waals surface area contributed by atoms with Crippen LogP contribution in [0.4, 0.5) is 13.2 Å². The minimum absolute atomic E-state index is 0.134. The van der Waals surface area contributed by atoms with Crippen LogP contribution in [0.15, 0.2) is 40.9 Å². The molecule has 0 atom stereocenters. The van der Waals surface area contributed by atoms with E-state index >= 15 is 0 Å². The number of rotatable bonds is 3. The van der Waals surface area contributed by atoms with Gasteiger partial charge in [0.2, 0.25) is 5.88 Å². The van der Waals surface area contributed by atoms with Crippen molar-refractivity contribution >= 4 is 15.9 Å². The van der Waals surface area contributed by atoms with Gasteiger partial charge in [-0.15, -0.1) is 0 Å². The van der Waals surface area contributed by atoms with Gasteiger partial charge in [-0.25, -0.2) is 4.98 Å². The minimum atomic E-state index is -4.50. The fourth-order valence-electron chi connectivity index (χ4n) is 1.43. The zero-order valence-corrected chi connectivity index (χ0v) is 11.8. The summed E-state index contributed by atoms with van der Waals surface area (Å²) in [5.74, 6) is 0.810. The summed E-state index contributed by atoms with van der Waals surface area (Å²) in [5.41, 5.74) is -1.00. The molecule has 0 N–H and O–H groups in total. The van der Waals surface area contributed by atoms with Crippen molar-refractivity contribution in [1.82, 2.24) is 4.98 Å². The van der Waals surface area contributed by atoms with E-state index in [1.54, 1.807) is 18.2 Å². The second-order valence-electron chi connectivity index (χ2n) is 3.76. The number of alkyl halides is 3. The van der Waals surface area contributed by atoms with E-state index in [0.29, 0.717) is 16.0 Å². The van der Waals surface area contributed by atoms with Gasteiger partial charge >= 0.3 is 6.18 Å². The third kappa shape index (κ3) is 3.41. The summed E-state index contributed by atoms with van der Waals surface area (Å²) in [6.45, 7) is 0. The molecular formula is C13H9BrF3NO2. The number of halogens is 4. The molecule has 3 nitrogen and oxygen atoms in total. The molecule has 0 radical (unpaired) electrons. The lowest BCUT2D eigenvalue weighted by Crippen LogP contribution is -2.07. The highest BCUT2D eigenvalue weighted by Crippen LogP contribution is 2.33. The fourth-order valence-corrected chi connectivity index (χ4v) is 1.87. The van der Waals surface area contributed by atoms with Crippen molar-refractivity contribution in [3.8, 4) is 17.4 Å². The van der Waals surface area contributed by atoms with Gasteiger partial charge < -0.3 is 9.47 Å². The highest BCUT2D eigenvalue weighted by atomic mass is 79.9. The van der Waals surface area contributed by atoms with Crippen LogP contribution in [0, 0.1) is 0 Å². The van der Waals surface area contributed by atoms with Crippen LogP contribution in [0.25, 0.3) is 0 Å². The van der Waals surface area contributed by atoms with Crippen molar-refractivity contribution in [2.75, 3.05) is 7.11 Å². The van der Waals surface area contributed by atoms with Gasteiger partial charge in [0.05, 0.1) is 11.6 Å². The van der Waals surface area contributed by atoms with Crippen molar-refractivity contribution in [1.29, 1.82) is 0 Å². The Balaban J connectivity index is 2.26. The van der Waals surface area contributed by atoms with Crippen LogP contribution in [0.2, 0.25) is 0 Å². The predicted octanol–water partition coefficient (Wildman–Crippen LogP) is 4.66. The van der Waals surface area contributed by atoms with Gasteiger partial charge in [0, 0.05) is 6.07 Å². The molecule has 0 saturated heterocycles. The summed E-state index contributed by atoms with van der Waals surface area (Å²) < 4.78 is 48.5. The van der Waals surface area contributed by atoms with Crippen LogP contribution in [0.5, 0.6) is 17.4 Å². The molecule has 0 aliphatic carbocycles. The summed E-state index contributed by atoms with van der Waals surface area (Å²) in [5, 5.41) is 0. The SMILES string of the molecule is COc1ccc(Oc2cccc(C(F)(F)F)n2)c(Br)c1. The standard InChI is InChI=1S/C13H9BrF3NO2/c1-19-8-5-6-10(9(14)7-8)20-12-4-2-3-11(18-12)13(15,16)17/h2-7H,1H3. The zero-order valence-electron chi connectivity index (χ0n) is 10.2. The molecule has 1 heterocycles. The number of aromatic nitrogens is 1. The van der Waals surface area contributed by atoms with E-state index in [-0.39, 0.29) is 5.88 Å². The summed E-state index contributed by atoms with van der Waals surface area (Å²) in [7, 11) is 1.51.